The van der Waals surface area contributed by atoms with Gasteiger partial charge in [-0.3, -0.25) is 0 Å². The molecule has 1 aliphatic heterocycles. The van der Waals surface area contributed by atoms with E-state index in [2.05, 4.69) is 13.8 Å². The van der Waals surface area contributed by atoms with Crippen LogP contribution in [-0.4, -0.2) is 18.8 Å². The standard InChI is InChI=1S/C15H31NO/c1-3-7-13(8-4-2)15(16)11-5-9-14-10-6-12-17-14/h13-15H,3-12,16H2,1-2H3. The van der Waals surface area contributed by atoms with Crippen LogP contribution in [0.15, 0.2) is 0 Å². The first-order chi connectivity index (χ1) is 8.27. The average Bonchev–Trinajstić information content (AvgIpc) is 2.81. The van der Waals surface area contributed by atoms with Gasteiger partial charge in [0, 0.05) is 12.6 Å². The maximum absolute atomic E-state index is 6.33. The van der Waals surface area contributed by atoms with Crippen molar-refractivity contribution in [3.05, 3.63) is 0 Å². The van der Waals surface area contributed by atoms with Crippen molar-refractivity contribution >= 4 is 0 Å². The van der Waals surface area contributed by atoms with Crippen LogP contribution in [0, 0.1) is 5.92 Å². The quantitative estimate of drug-likeness (QED) is 0.665. The number of hydrogen-bond donors (Lipinski definition) is 1. The zero-order valence-corrected chi connectivity index (χ0v) is 11.8. The van der Waals surface area contributed by atoms with Gasteiger partial charge in [0.25, 0.3) is 0 Å². The Hall–Kier alpha value is -0.0800. The fourth-order valence-electron chi connectivity index (χ4n) is 3.00. The third kappa shape index (κ3) is 5.87. The third-order valence-corrected chi connectivity index (χ3v) is 4.01. The molecule has 0 bridgehead atoms. The molecule has 1 fully saturated rings. The molecule has 1 saturated heterocycles. The number of nitrogens with two attached hydrogens (primary N) is 1. The van der Waals surface area contributed by atoms with Gasteiger partial charge >= 0.3 is 0 Å². The van der Waals surface area contributed by atoms with E-state index in [0.29, 0.717) is 12.1 Å². The normalized spacial score (nSPS) is 22.2. The molecule has 2 unspecified atom stereocenters. The molecule has 0 amide bonds. The van der Waals surface area contributed by atoms with Crippen molar-refractivity contribution in [2.75, 3.05) is 6.61 Å². The molecule has 2 heteroatoms. The summed E-state index contributed by atoms with van der Waals surface area (Å²) in [5.41, 5.74) is 6.33. The zero-order chi connectivity index (χ0) is 12.5. The van der Waals surface area contributed by atoms with E-state index >= 15 is 0 Å². The van der Waals surface area contributed by atoms with Gasteiger partial charge in [-0.25, -0.2) is 0 Å². The molecule has 2 atom stereocenters. The molecular weight excluding hydrogens is 210 g/mol. The minimum Gasteiger partial charge on any atom is -0.378 e. The van der Waals surface area contributed by atoms with Gasteiger partial charge in [0.15, 0.2) is 0 Å². The highest BCUT2D eigenvalue weighted by molar-refractivity contribution is 4.74. The van der Waals surface area contributed by atoms with E-state index < -0.39 is 0 Å². The van der Waals surface area contributed by atoms with Crippen LogP contribution in [0.3, 0.4) is 0 Å². The Balaban J connectivity index is 2.13. The lowest BCUT2D eigenvalue weighted by molar-refractivity contribution is 0.101. The van der Waals surface area contributed by atoms with Gasteiger partial charge in [0.1, 0.15) is 0 Å². The van der Waals surface area contributed by atoms with E-state index in [4.69, 9.17) is 10.5 Å². The second-order valence-corrected chi connectivity index (χ2v) is 5.57. The first-order valence-electron chi connectivity index (χ1n) is 7.65. The largest absolute Gasteiger partial charge is 0.378 e. The molecule has 2 nitrogen and oxygen atoms in total. The Morgan fingerprint density at radius 3 is 2.41 bits per heavy atom. The second kappa shape index (κ2) is 8.93. The summed E-state index contributed by atoms with van der Waals surface area (Å²) in [7, 11) is 0. The minimum absolute atomic E-state index is 0.413. The van der Waals surface area contributed by atoms with Gasteiger partial charge < -0.3 is 10.5 Å². The van der Waals surface area contributed by atoms with Crippen molar-refractivity contribution < 1.29 is 4.74 Å². The highest BCUT2D eigenvalue weighted by Gasteiger charge is 2.18. The topological polar surface area (TPSA) is 35.2 Å². The Morgan fingerprint density at radius 1 is 1.18 bits per heavy atom. The number of rotatable bonds is 9. The SMILES string of the molecule is CCCC(CCC)C(N)CCCC1CCCO1. The summed E-state index contributed by atoms with van der Waals surface area (Å²) in [6.45, 7) is 5.51. The van der Waals surface area contributed by atoms with Crippen molar-refractivity contribution in [1.82, 2.24) is 0 Å². The molecule has 0 radical (unpaired) electrons. The van der Waals surface area contributed by atoms with E-state index in [0.717, 1.165) is 12.5 Å². The molecular formula is C15H31NO. The van der Waals surface area contributed by atoms with E-state index in [9.17, 15) is 0 Å². The van der Waals surface area contributed by atoms with E-state index in [1.54, 1.807) is 0 Å². The third-order valence-electron chi connectivity index (χ3n) is 4.01. The Labute approximate surface area is 107 Å². The molecule has 2 N–H and O–H groups in total. The highest BCUT2D eigenvalue weighted by atomic mass is 16.5. The summed E-state index contributed by atoms with van der Waals surface area (Å²) in [5.74, 6) is 0.745. The predicted octanol–water partition coefficient (Wildman–Crippen LogP) is 3.88. The van der Waals surface area contributed by atoms with Gasteiger partial charge in [0.05, 0.1) is 6.10 Å². The first kappa shape index (κ1) is 15.0. The summed E-state index contributed by atoms with van der Waals surface area (Å²) >= 11 is 0. The molecule has 0 aromatic rings. The first-order valence-corrected chi connectivity index (χ1v) is 7.65. The summed E-state index contributed by atoms with van der Waals surface area (Å²) in [6.07, 6.45) is 11.8. The Morgan fingerprint density at radius 2 is 1.88 bits per heavy atom. The van der Waals surface area contributed by atoms with Gasteiger partial charge in [0.2, 0.25) is 0 Å². The van der Waals surface area contributed by atoms with Crippen LogP contribution in [0.4, 0.5) is 0 Å². The van der Waals surface area contributed by atoms with Gasteiger partial charge in [-0.2, -0.15) is 0 Å². The van der Waals surface area contributed by atoms with Crippen LogP contribution in [0.5, 0.6) is 0 Å². The molecule has 0 aromatic carbocycles. The van der Waals surface area contributed by atoms with E-state index in [1.165, 1.54) is 57.8 Å². The molecule has 17 heavy (non-hydrogen) atoms. The second-order valence-electron chi connectivity index (χ2n) is 5.57. The van der Waals surface area contributed by atoms with Gasteiger partial charge in [-0.05, 0) is 50.9 Å². The lowest BCUT2D eigenvalue weighted by atomic mass is 9.88. The maximum atomic E-state index is 6.33. The van der Waals surface area contributed by atoms with Crippen molar-refractivity contribution in [1.29, 1.82) is 0 Å². The lowest BCUT2D eigenvalue weighted by Crippen LogP contribution is -2.30. The summed E-state index contributed by atoms with van der Waals surface area (Å²) in [6, 6.07) is 0.413. The van der Waals surface area contributed by atoms with Crippen molar-refractivity contribution in [2.24, 2.45) is 11.7 Å². The fourth-order valence-corrected chi connectivity index (χ4v) is 3.00. The minimum atomic E-state index is 0.413. The molecule has 0 spiro atoms. The van der Waals surface area contributed by atoms with Gasteiger partial charge in [-0.1, -0.05) is 26.7 Å². The summed E-state index contributed by atoms with van der Waals surface area (Å²) < 4.78 is 5.65. The molecule has 1 rings (SSSR count). The van der Waals surface area contributed by atoms with Crippen molar-refractivity contribution in [2.45, 2.75) is 83.8 Å². The average molecular weight is 241 g/mol. The molecule has 1 heterocycles. The van der Waals surface area contributed by atoms with Crippen LogP contribution < -0.4 is 5.73 Å². The lowest BCUT2D eigenvalue weighted by Gasteiger charge is -2.23. The molecule has 102 valence electrons. The molecule has 1 aliphatic rings. The molecule has 0 aromatic heterocycles. The van der Waals surface area contributed by atoms with Gasteiger partial charge in [-0.15, -0.1) is 0 Å². The number of ether oxygens (including phenoxy) is 1. The summed E-state index contributed by atoms with van der Waals surface area (Å²) in [4.78, 5) is 0. The summed E-state index contributed by atoms with van der Waals surface area (Å²) in [5, 5.41) is 0. The highest BCUT2D eigenvalue weighted by Crippen LogP contribution is 2.22. The van der Waals surface area contributed by atoms with Crippen molar-refractivity contribution in [3.63, 3.8) is 0 Å². The van der Waals surface area contributed by atoms with Crippen LogP contribution in [-0.2, 0) is 4.74 Å². The maximum Gasteiger partial charge on any atom is 0.0576 e. The van der Waals surface area contributed by atoms with Crippen LogP contribution in [0.25, 0.3) is 0 Å². The smallest absolute Gasteiger partial charge is 0.0576 e. The fraction of sp³-hybridized carbons (Fsp3) is 1.00. The Kier molecular flexibility index (Phi) is 7.87. The van der Waals surface area contributed by atoms with E-state index in [-0.39, 0.29) is 0 Å². The number of hydrogen-bond acceptors (Lipinski definition) is 2. The van der Waals surface area contributed by atoms with Crippen LogP contribution >= 0.6 is 0 Å². The van der Waals surface area contributed by atoms with Crippen LogP contribution in [0.1, 0.15) is 71.6 Å². The monoisotopic (exact) mass is 241 g/mol. The van der Waals surface area contributed by atoms with Crippen LogP contribution in [0.2, 0.25) is 0 Å². The molecule has 0 saturated carbocycles. The molecule has 0 aliphatic carbocycles. The van der Waals surface area contributed by atoms with E-state index in [1.807, 2.05) is 0 Å². The zero-order valence-electron chi connectivity index (χ0n) is 11.8. The predicted molar refractivity (Wildman–Crippen MR) is 74.1 cm³/mol. The Bertz CT molecular complexity index is 172. The van der Waals surface area contributed by atoms with Crippen molar-refractivity contribution in [3.8, 4) is 0 Å².